The Morgan fingerprint density at radius 3 is 2.77 bits per heavy atom. The Morgan fingerprint density at radius 1 is 1.00 bits per heavy atom. The molecule has 0 aliphatic carbocycles. The molecule has 0 aliphatic rings. The summed E-state index contributed by atoms with van der Waals surface area (Å²) < 4.78 is 0. The zero-order chi connectivity index (χ0) is 20.5. The van der Waals surface area contributed by atoms with Crippen molar-refractivity contribution in [3.8, 4) is 0 Å². The minimum absolute atomic E-state index is 0.271. The third-order valence-corrected chi connectivity index (χ3v) is 6.30. The van der Waals surface area contributed by atoms with Crippen molar-refractivity contribution in [3.05, 3.63) is 72.7 Å². The van der Waals surface area contributed by atoms with E-state index in [9.17, 15) is 9.90 Å². The van der Waals surface area contributed by atoms with E-state index in [4.69, 9.17) is 0 Å². The lowest BCUT2D eigenvalue weighted by molar-refractivity contribution is 0.0693. The minimum Gasteiger partial charge on any atom is -0.478 e. The first-order valence-corrected chi connectivity index (χ1v) is 10.5. The fraction of sp³-hybridized carbons (Fsp3) is 0. The number of aromatic nitrogens is 4. The van der Waals surface area contributed by atoms with Crippen molar-refractivity contribution in [3.63, 3.8) is 0 Å². The van der Waals surface area contributed by atoms with E-state index < -0.39 is 5.97 Å². The van der Waals surface area contributed by atoms with Crippen LogP contribution in [0.15, 0.2) is 76.9 Å². The summed E-state index contributed by atoms with van der Waals surface area (Å²) in [6.45, 7) is 0. The van der Waals surface area contributed by atoms with Crippen molar-refractivity contribution in [1.82, 2.24) is 19.9 Å². The van der Waals surface area contributed by atoms with Gasteiger partial charge in [-0.15, -0.1) is 0 Å². The van der Waals surface area contributed by atoms with Crippen molar-refractivity contribution in [2.75, 3.05) is 5.32 Å². The molecule has 9 heteroatoms. The fourth-order valence-electron chi connectivity index (χ4n) is 2.98. The van der Waals surface area contributed by atoms with Crippen molar-refractivity contribution in [2.24, 2.45) is 0 Å². The van der Waals surface area contributed by atoms with Gasteiger partial charge >= 0.3 is 5.97 Å². The molecule has 0 aliphatic heterocycles. The molecule has 0 saturated carbocycles. The Bertz CT molecular complexity index is 1370. The lowest BCUT2D eigenvalue weighted by atomic mass is 10.2. The number of nitrogens with zero attached hydrogens (tertiary/aromatic N) is 4. The molecule has 2 N–H and O–H groups in total. The van der Waals surface area contributed by atoms with Crippen LogP contribution >= 0.6 is 23.1 Å². The molecule has 3 heterocycles. The lowest BCUT2D eigenvalue weighted by Crippen LogP contribution is -1.98. The number of carbonyl (C=O) groups is 1. The molecule has 0 amide bonds. The first kappa shape index (κ1) is 18.5. The second-order valence-electron chi connectivity index (χ2n) is 6.28. The van der Waals surface area contributed by atoms with Gasteiger partial charge in [0.15, 0.2) is 5.13 Å². The zero-order valence-electron chi connectivity index (χ0n) is 15.3. The number of fused-ring (bicyclic) bond motifs is 2. The van der Waals surface area contributed by atoms with E-state index in [0.717, 1.165) is 26.1 Å². The molecule has 0 bridgehead atoms. The number of pyridine rings is 1. The molecule has 2 aromatic carbocycles. The van der Waals surface area contributed by atoms with E-state index in [1.165, 1.54) is 29.4 Å². The summed E-state index contributed by atoms with van der Waals surface area (Å²) >= 11 is 2.84. The minimum atomic E-state index is -0.950. The van der Waals surface area contributed by atoms with E-state index in [2.05, 4.69) is 25.3 Å². The Hall–Kier alpha value is -3.56. The molecule has 146 valence electrons. The van der Waals surface area contributed by atoms with Gasteiger partial charge in [0.1, 0.15) is 22.5 Å². The molecule has 3 aromatic heterocycles. The normalized spacial score (nSPS) is 11.1. The number of nitrogens with one attached hydrogen (secondary N) is 1. The second kappa shape index (κ2) is 7.69. The van der Waals surface area contributed by atoms with Gasteiger partial charge in [-0.05, 0) is 42.5 Å². The standard InChI is InChI=1S/C21H13N5O2S2/c27-20(28)13-4-1-2-6-17(13)29-12-7-8-15-14(10-12)18(24-11-23-15)26-21-25-16-5-3-9-22-19(16)30-21/h1-11H,(H,27,28)(H,23,24,25,26). The van der Waals surface area contributed by atoms with Crippen LogP contribution in [0.3, 0.4) is 0 Å². The molecule has 7 nitrogen and oxygen atoms in total. The van der Waals surface area contributed by atoms with Crippen LogP contribution in [0, 0.1) is 0 Å². The van der Waals surface area contributed by atoms with Crippen LogP contribution in [0.4, 0.5) is 10.9 Å². The van der Waals surface area contributed by atoms with E-state index in [-0.39, 0.29) is 5.56 Å². The average molecular weight is 432 g/mol. The van der Waals surface area contributed by atoms with Gasteiger partial charge in [-0.3, -0.25) is 0 Å². The van der Waals surface area contributed by atoms with E-state index in [0.29, 0.717) is 15.8 Å². The summed E-state index contributed by atoms with van der Waals surface area (Å²) in [6, 6.07) is 16.5. The van der Waals surface area contributed by atoms with Crippen molar-refractivity contribution in [1.29, 1.82) is 0 Å². The average Bonchev–Trinajstić information content (AvgIpc) is 3.17. The summed E-state index contributed by atoms with van der Waals surface area (Å²) in [7, 11) is 0. The van der Waals surface area contributed by atoms with E-state index in [1.54, 1.807) is 24.4 Å². The van der Waals surface area contributed by atoms with Crippen molar-refractivity contribution >= 4 is 61.3 Å². The summed E-state index contributed by atoms with van der Waals surface area (Å²) in [5.74, 6) is -0.318. The zero-order valence-corrected chi connectivity index (χ0v) is 16.9. The van der Waals surface area contributed by atoms with Crippen LogP contribution in [-0.4, -0.2) is 31.0 Å². The summed E-state index contributed by atoms with van der Waals surface area (Å²) in [4.78, 5) is 31.5. The van der Waals surface area contributed by atoms with Gasteiger partial charge in [-0.1, -0.05) is 35.2 Å². The summed E-state index contributed by atoms with van der Waals surface area (Å²) in [5.41, 5.74) is 1.87. The van der Waals surface area contributed by atoms with Gasteiger partial charge < -0.3 is 10.4 Å². The molecule has 0 spiro atoms. The first-order chi connectivity index (χ1) is 14.7. The Labute approximate surface area is 178 Å². The molecular formula is C21H13N5O2S2. The maximum atomic E-state index is 11.5. The maximum absolute atomic E-state index is 11.5. The number of carboxylic acids is 1. The quantitative estimate of drug-likeness (QED) is 0.390. The number of rotatable bonds is 5. The number of carboxylic acid groups (broad SMARTS) is 1. The summed E-state index contributed by atoms with van der Waals surface area (Å²) in [6.07, 6.45) is 3.24. The largest absolute Gasteiger partial charge is 0.478 e. The predicted octanol–water partition coefficient (Wildman–Crippen LogP) is 5.23. The van der Waals surface area contributed by atoms with Crippen molar-refractivity contribution in [2.45, 2.75) is 9.79 Å². The number of hydrogen-bond acceptors (Lipinski definition) is 8. The molecule has 5 rings (SSSR count). The van der Waals surface area contributed by atoms with Crippen LogP contribution in [-0.2, 0) is 0 Å². The molecular weight excluding hydrogens is 418 g/mol. The SMILES string of the molecule is O=C(O)c1ccccc1Sc1ccc2ncnc(Nc3nc4cccnc4s3)c2c1. The van der Waals surface area contributed by atoms with Gasteiger partial charge in [-0.25, -0.2) is 24.7 Å². The van der Waals surface area contributed by atoms with Crippen LogP contribution < -0.4 is 5.32 Å². The van der Waals surface area contributed by atoms with Gasteiger partial charge in [0.05, 0.1) is 11.1 Å². The van der Waals surface area contributed by atoms with Crippen molar-refractivity contribution < 1.29 is 9.90 Å². The van der Waals surface area contributed by atoms with Crippen LogP contribution in [0.1, 0.15) is 10.4 Å². The highest BCUT2D eigenvalue weighted by Gasteiger charge is 2.13. The van der Waals surface area contributed by atoms with Gasteiger partial charge in [0.2, 0.25) is 0 Å². The van der Waals surface area contributed by atoms with Crippen LogP contribution in [0.25, 0.3) is 21.3 Å². The molecule has 30 heavy (non-hydrogen) atoms. The molecule has 0 unspecified atom stereocenters. The second-order valence-corrected chi connectivity index (χ2v) is 8.37. The Morgan fingerprint density at radius 2 is 1.90 bits per heavy atom. The third kappa shape index (κ3) is 3.56. The number of thiazole rings is 1. The lowest BCUT2D eigenvalue weighted by Gasteiger charge is -2.09. The Kier molecular flexibility index (Phi) is 4.74. The summed E-state index contributed by atoms with van der Waals surface area (Å²) in [5, 5.41) is 14.2. The first-order valence-electron chi connectivity index (χ1n) is 8.91. The highest BCUT2D eigenvalue weighted by atomic mass is 32.2. The number of benzene rings is 2. The molecule has 0 fully saturated rings. The monoisotopic (exact) mass is 431 g/mol. The molecule has 0 radical (unpaired) electrons. The van der Waals surface area contributed by atoms with E-state index >= 15 is 0 Å². The number of anilines is 2. The smallest absolute Gasteiger partial charge is 0.336 e. The van der Waals surface area contributed by atoms with E-state index in [1.807, 2.05) is 36.4 Å². The molecule has 5 aromatic rings. The maximum Gasteiger partial charge on any atom is 0.336 e. The third-order valence-electron chi connectivity index (χ3n) is 4.34. The fourth-order valence-corrected chi connectivity index (χ4v) is 4.77. The topological polar surface area (TPSA) is 101 Å². The highest BCUT2D eigenvalue weighted by Crippen LogP contribution is 2.34. The number of aromatic carboxylic acids is 1. The van der Waals surface area contributed by atoms with Gasteiger partial charge in [0, 0.05) is 21.4 Å². The van der Waals surface area contributed by atoms with Gasteiger partial charge in [-0.2, -0.15) is 0 Å². The molecule has 0 atom stereocenters. The van der Waals surface area contributed by atoms with Crippen LogP contribution in [0.2, 0.25) is 0 Å². The molecule has 0 saturated heterocycles. The Balaban J connectivity index is 1.52. The van der Waals surface area contributed by atoms with Gasteiger partial charge in [0.25, 0.3) is 0 Å². The highest BCUT2D eigenvalue weighted by molar-refractivity contribution is 7.99. The predicted molar refractivity (Wildman–Crippen MR) is 118 cm³/mol. The van der Waals surface area contributed by atoms with Crippen LogP contribution in [0.5, 0.6) is 0 Å². The number of hydrogen-bond donors (Lipinski definition) is 2.